The second kappa shape index (κ2) is 7.55. The summed E-state index contributed by atoms with van der Waals surface area (Å²) in [6.07, 6.45) is 6.60. The Balaban J connectivity index is 1.38. The second-order valence-corrected chi connectivity index (χ2v) is 8.87. The maximum absolute atomic E-state index is 5.51. The summed E-state index contributed by atoms with van der Waals surface area (Å²) in [4.78, 5) is 17.5. The Morgan fingerprint density at radius 3 is 2.63 bits per heavy atom. The zero-order valence-electron chi connectivity index (χ0n) is 16.6. The van der Waals surface area contributed by atoms with Gasteiger partial charge in [0.1, 0.15) is 5.82 Å². The van der Waals surface area contributed by atoms with Crippen molar-refractivity contribution in [3.63, 3.8) is 0 Å². The number of ether oxygens (including phenoxy) is 1. The maximum Gasteiger partial charge on any atom is 0.227 e. The fourth-order valence-corrected chi connectivity index (χ4v) is 4.94. The third kappa shape index (κ3) is 3.92. The van der Waals surface area contributed by atoms with Gasteiger partial charge in [0.05, 0.1) is 13.2 Å². The third-order valence-electron chi connectivity index (χ3n) is 6.75. The molecule has 0 amide bonds. The van der Waals surface area contributed by atoms with Crippen LogP contribution in [0.2, 0.25) is 0 Å². The number of rotatable bonds is 5. The molecule has 2 atom stereocenters. The minimum Gasteiger partial charge on any atom is -0.378 e. The van der Waals surface area contributed by atoms with Crippen molar-refractivity contribution < 1.29 is 4.74 Å². The van der Waals surface area contributed by atoms with Gasteiger partial charge in [-0.3, -0.25) is 4.90 Å². The van der Waals surface area contributed by atoms with Gasteiger partial charge >= 0.3 is 0 Å². The number of aryl methyl sites for hydroxylation is 1. The summed E-state index contributed by atoms with van der Waals surface area (Å²) in [5.74, 6) is 3.82. The summed E-state index contributed by atoms with van der Waals surface area (Å²) in [7, 11) is 0. The predicted molar refractivity (Wildman–Crippen MR) is 107 cm³/mol. The molecule has 0 unspecified atom stereocenters. The van der Waals surface area contributed by atoms with E-state index in [-0.39, 0.29) is 0 Å². The van der Waals surface area contributed by atoms with Crippen LogP contribution in [0.5, 0.6) is 0 Å². The van der Waals surface area contributed by atoms with Crippen LogP contribution in [0.15, 0.2) is 6.07 Å². The summed E-state index contributed by atoms with van der Waals surface area (Å²) in [5, 5.41) is 0. The van der Waals surface area contributed by atoms with E-state index in [2.05, 4.69) is 27.7 Å². The van der Waals surface area contributed by atoms with Crippen molar-refractivity contribution in [2.24, 2.45) is 11.8 Å². The molecular formula is C21H33N5O. The molecule has 6 nitrogen and oxygen atoms in total. The average Bonchev–Trinajstić information content (AvgIpc) is 3.56. The number of piperidine rings is 1. The van der Waals surface area contributed by atoms with Crippen LogP contribution in [0.4, 0.5) is 11.8 Å². The smallest absolute Gasteiger partial charge is 0.227 e. The van der Waals surface area contributed by atoms with E-state index in [4.69, 9.17) is 14.7 Å². The zero-order valence-corrected chi connectivity index (χ0v) is 16.6. The highest BCUT2D eigenvalue weighted by atomic mass is 16.5. The van der Waals surface area contributed by atoms with Gasteiger partial charge in [0, 0.05) is 57.1 Å². The first-order valence-electron chi connectivity index (χ1n) is 11.0. The normalized spacial score (nSPS) is 29.2. The van der Waals surface area contributed by atoms with E-state index in [1.54, 1.807) is 0 Å². The summed E-state index contributed by atoms with van der Waals surface area (Å²) < 4.78 is 5.51. The first kappa shape index (κ1) is 17.7. The Morgan fingerprint density at radius 1 is 1.00 bits per heavy atom. The topological polar surface area (TPSA) is 44.7 Å². The molecule has 6 rings (SSSR count). The monoisotopic (exact) mass is 371 g/mol. The van der Waals surface area contributed by atoms with Gasteiger partial charge in [-0.2, -0.15) is 4.98 Å². The van der Waals surface area contributed by atoms with Gasteiger partial charge < -0.3 is 14.5 Å². The van der Waals surface area contributed by atoms with E-state index in [9.17, 15) is 0 Å². The molecule has 1 aromatic rings. The van der Waals surface area contributed by atoms with Crippen LogP contribution < -0.4 is 9.80 Å². The Labute approximate surface area is 162 Å². The van der Waals surface area contributed by atoms with Crippen molar-refractivity contribution in [3.8, 4) is 0 Å². The first-order chi connectivity index (χ1) is 13.3. The van der Waals surface area contributed by atoms with Crippen LogP contribution in [0.3, 0.4) is 0 Å². The summed E-state index contributed by atoms with van der Waals surface area (Å²) in [5.41, 5.74) is 1.16. The molecule has 0 radical (unpaired) electrons. The molecule has 148 valence electrons. The summed E-state index contributed by atoms with van der Waals surface area (Å²) in [6.45, 7) is 10.4. The lowest BCUT2D eigenvalue weighted by Gasteiger charge is -2.36. The van der Waals surface area contributed by atoms with Crippen LogP contribution in [0.25, 0.3) is 0 Å². The standard InChI is InChI=1S/C21H33N5O/c1-2-18-11-20(23-21(22-18)24-7-9-27-10-8-24)26-14-17-5-6-19(15-26)25(13-17)12-16-3-4-16/h11,16-17,19H,2-10,12-15H2,1H3/t17-,19-/m1/s1. The van der Waals surface area contributed by atoms with Crippen molar-refractivity contribution >= 4 is 11.8 Å². The fraction of sp³-hybridized carbons (Fsp3) is 0.810. The third-order valence-corrected chi connectivity index (χ3v) is 6.75. The number of aromatic nitrogens is 2. The number of fused-ring (bicyclic) bond motifs is 4. The van der Waals surface area contributed by atoms with Crippen molar-refractivity contribution in [2.75, 3.05) is 62.3 Å². The molecule has 6 heteroatoms. The molecule has 2 bridgehead atoms. The number of nitrogens with zero attached hydrogens (tertiary/aromatic N) is 5. The summed E-state index contributed by atoms with van der Waals surface area (Å²) in [6, 6.07) is 2.94. The largest absolute Gasteiger partial charge is 0.378 e. The number of morpholine rings is 1. The highest BCUT2D eigenvalue weighted by Gasteiger charge is 2.37. The zero-order chi connectivity index (χ0) is 18.2. The lowest BCUT2D eigenvalue weighted by atomic mass is 9.95. The lowest BCUT2D eigenvalue weighted by Crippen LogP contribution is -2.45. The van der Waals surface area contributed by atoms with E-state index >= 15 is 0 Å². The number of hydrogen-bond acceptors (Lipinski definition) is 6. The van der Waals surface area contributed by atoms with Gasteiger partial charge in [-0.25, -0.2) is 4.98 Å². The van der Waals surface area contributed by atoms with Crippen LogP contribution >= 0.6 is 0 Å². The highest BCUT2D eigenvalue weighted by Crippen LogP contribution is 2.35. The van der Waals surface area contributed by atoms with Crippen LogP contribution in [-0.4, -0.2) is 73.4 Å². The van der Waals surface area contributed by atoms with Gasteiger partial charge in [-0.1, -0.05) is 6.92 Å². The van der Waals surface area contributed by atoms with Gasteiger partial charge in [-0.15, -0.1) is 0 Å². The molecule has 5 fully saturated rings. The molecule has 5 aliphatic rings. The number of hydrogen-bond donors (Lipinski definition) is 0. The van der Waals surface area contributed by atoms with E-state index in [1.165, 1.54) is 38.8 Å². The van der Waals surface area contributed by atoms with E-state index in [0.717, 1.165) is 75.1 Å². The van der Waals surface area contributed by atoms with Crippen LogP contribution in [-0.2, 0) is 11.2 Å². The van der Waals surface area contributed by atoms with Gasteiger partial charge in [0.15, 0.2) is 0 Å². The van der Waals surface area contributed by atoms with E-state index in [0.29, 0.717) is 6.04 Å². The molecule has 0 aromatic carbocycles. The first-order valence-corrected chi connectivity index (χ1v) is 11.0. The Kier molecular flexibility index (Phi) is 4.94. The molecule has 1 aliphatic carbocycles. The number of anilines is 2. The quantitative estimate of drug-likeness (QED) is 0.791. The molecule has 4 aliphatic heterocycles. The Hall–Kier alpha value is -1.40. The van der Waals surface area contributed by atoms with Gasteiger partial charge in [0.2, 0.25) is 5.95 Å². The van der Waals surface area contributed by atoms with Crippen LogP contribution in [0, 0.1) is 11.8 Å². The molecule has 1 saturated carbocycles. The van der Waals surface area contributed by atoms with E-state index < -0.39 is 0 Å². The minimum atomic E-state index is 0.705. The SMILES string of the molecule is CCc1cc(N2C[C@@H]3CC[C@H](C2)N(CC2CC2)C3)nc(N2CCOCC2)n1. The van der Waals surface area contributed by atoms with Gasteiger partial charge in [0.25, 0.3) is 0 Å². The van der Waals surface area contributed by atoms with E-state index in [1.807, 2.05) is 0 Å². The van der Waals surface area contributed by atoms with Crippen molar-refractivity contribution in [3.05, 3.63) is 11.8 Å². The highest BCUT2D eigenvalue weighted by molar-refractivity contribution is 5.47. The Bertz CT molecular complexity index is 658. The minimum absolute atomic E-state index is 0.705. The molecule has 1 aromatic heterocycles. The van der Waals surface area contributed by atoms with Crippen molar-refractivity contribution in [2.45, 2.75) is 45.1 Å². The molecule has 5 heterocycles. The average molecular weight is 372 g/mol. The van der Waals surface area contributed by atoms with Crippen LogP contribution in [0.1, 0.15) is 38.3 Å². The molecule has 0 spiro atoms. The molecule has 4 saturated heterocycles. The van der Waals surface area contributed by atoms with Crippen molar-refractivity contribution in [1.29, 1.82) is 0 Å². The molecular weight excluding hydrogens is 338 g/mol. The molecule has 0 N–H and O–H groups in total. The summed E-state index contributed by atoms with van der Waals surface area (Å²) >= 11 is 0. The fourth-order valence-electron chi connectivity index (χ4n) is 4.94. The second-order valence-electron chi connectivity index (χ2n) is 8.87. The Morgan fingerprint density at radius 2 is 1.85 bits per heavy atom. The predicted octanol–water partition coefficient (Wildman–Crippen LogP) is 2.19. The lowest BCUT2D eigenvalue weighted by molar-refractivity contribution is 0.122. The maximum atomic E-state index is 5.51. The molecule has 27 heavy (non-hydrogen) atoms. The van der Waals surface area contributed by atoms with Crippen molar-refractivity contribution in [1.82, 2.24) is 14.9 Å². The van der Waals surface area contributed by atoms with Gasteiger partial charge in [-0.05, 0) is 43.9 Å².